The number of ether oxygens (including phenoxy) is 1. The van der Waals surface area contributed by atoms with Crippen molar-refractivity contribution in [1.82, 2.24) is 0 Å². The average molecular weight is 223 g/mol. The van der Waals surface area contributed by atoms with Gasteiger partial charge in [-0.3, -0.25) is 4.99 Å². The van der Waals surface area contributed by atoms with Gasteiger partial charge in [0.1, 0.15) is 0 Å². The number of hydrogen-bond donors (Lipinski definition) is 0. The lowest BCUT2D eigenvalue weighted by Gasteiger charge is -2.09. The Kier molecular flexibility index (Phi) is 4.90. The number of benzene rings is 1. The van der Waals surface area contributed by atoms with E-state index in [1.165, 1.54) is 18.9 Å². The zero-order valence-electron chi connectivity index (χ0n) is 8.71. The van der Waals surface area contributed by atoms with E-state index in [2.05, 4.69) is 4.99 Å². The molecule has 15 heavy (non-hydrogen) atoms. The van der Waals surface area contributed by atoms with Gasteiger partial charge < -0.3 is 4.74 Å². The predicted octanol–water partition coefficient (Wildman–Crippen LogP) is 2.29. The van der Waals surface area contributed by atoms with Gasteiger partial charge in [-0.2, -0.15) is 0 Å². The van der Waals surface area contributed by atoms with Crippen LogP contribution < -0.4 is 0 Å². The van der Waals surface area contributed by atoms with Crippen LogP contribution >= 0.6 is 11.8 Å². The van der Waals surface area contributed by atoms with Crippen molar-refractivity contribution in [2.24, 2.45) is 4.99 Å². The van der Waals surface area contributed by atoms with Crippen LogP contribution in [0.25, 0.3) is 0 Å². The second-order valence-corrected chi connectivity index (χ2v) is 3.51. The summed E-state index contributed by atoms with van der Waals surface area (Å²) in [4.78, 5) is 15.6. The standard InChI is InChI=1S/C11H13NO2S/c1-14-11(13)10(12-8-15-2)9-6-4-3-5-7-9/h3-8,10H,1-2H3. The summed E-state index contributed by atoms with van der Waals surface area (Å²) in [6.45, 7) is 0. The van der Waals surface area contributed by atoms with Crippen LogP contribution in [-0.2, 0) is 9.53 Å². The van der Waals surface area contributed by atoms with Gasteiger partial charge in [-0.1, -0.05) is 30.3 Å². The smallest absolute Gasteiger partial charge is 0.335 e. The van der Waals surface area contributed by atoms with Gasteiger partial charge in [-0.05, 0) is 11.8 Å². The van der Waals surface area contributed by atoms with E-state index < -0.39 is 6.04 Å². The molecule has 80 valence electrons. The number of carbonyl (C=O) groups is 1. The number of nitrogens with zero attached hydrogens (tertiary/aromatic N) is 1. The van der Waals surface area contributed by atoms with E-state index in [4.69, 9.17) is 4.74 Å². The molecule has 0 heterocycles. The summed E-state index contributed by atoms with van der Waals surface area (Å²) in [5, 5.41) is 0. The summed E-state index contributed by atoms with van der Waals surface area (Å²) in [7, 11) is 1.37. The van der Waals surface area contributed by atoms with Crippen LogP contribution in [0.3, 0.4) is 0 Å². The van der Waals surface area contributed by atoms with Gasteiger partial charge in [0, 0.05) is 0 Å². The number of aliphatic imine (C=N–C) groups is 1. The summed E-state index contributed by atoms with van der Waals surface area (Å²) in [5.41, 5.74) is 2.49. The molecule has 0 N–H and O–H groups in total. The molecule has 0 saturated heterocycles. The quantitative estimate of drug-likeness (QED) is 0.446. The highest BCUT2D eigenvalue weighted by molar-refractivity contribution is 8.11. The summed E-state index contributed by atoms with van der Waals surface area (Å²) in [5.74, 6) is -0.341. The molecule has 0 radical (unpaired) electrons. The van der Waals surface area contributed by atoms with Gasteiger partial charge in [-0.25, -0.2) is 4.79 Å². The molecule has 0 aromatic heterocycles. The third kappa shape index (κ3) is 3.40. The fraction of sp³-hybridized carbons (Fsp3) is 0.273. The van der Waals surface area contributed by atoms with Crippen LogP contribution in [0.5, 0.6) is 0 Å². The van der Waals surface area contributed by atoms with Gasteiger partial charge in [0.15, 0.2) is 6.04 Å². The summed E-state index contributed by atoms with van der Waals surface area (Å²) < 4.78 is 4.70. The summed E-state index contributed by atoms with van der Waals surface area (Å²) >= 11 is 1.45. The maximum absolute atomic E-state index is 11.5. The molecule has 0 fully saturated rings. The third-order valence-corrected chi connectivity index (χ3v) is 2.19. The number of hydrogen-bond acceptors (Lipinski definition) is 4. The van der Waals surface area contributed by atoms with E-state index in [0.29, 0.717) is 0 Å². The molecule has 1 rings (SSSR count). The van der Waals surface area contributed by atoms with Crippen LogP contribution in [0, 0.1) is 0 Å². The van der Waals surface area contributed by atoms with E-state index in [1.54, 1.807) is 5.55 Å². The number of methoxy groups -OCH3 is 1. The normalized spacial score (nSPS) is 12.7. The Bertz CT molecular complexity index is 338. The zero-order chi connectivity index (χ0) is 11.1. The van der Waals surface area contributed by atoms with Crippen LogP contribution in [0.4, 0.5) is 0 Å². The van der Waals surface area contributed by atoms with Crippen molar-refractivity contribution in [3.8, 4) is 0 Å². The topological polar surface area (TPSA) is 38.7 Å². The fourth-order valence-corrected chi connectivity index (χ4v) is 1.40. The van der Waals surface area contributed by atoms with Crippen LogP contribution in [-0.4, -0.2) is 24.9 Å². The Morgan fingerprint density at radius 3 is 2.67 bits per heavy atom. The maximum atomic E-state index is 11.5. The first kappa shape index (κ1) is 11.8. The Labute approximate surface area is 93.5 Å². The second-order valence-electron chi connectivity index (χ2n) is 2.83. The van der Waals surface area contributed by atoms with Crippen LogP contribution in [0.2, 0.25) is 0 Å². The number of esters is 1. The minimum atomic E-state index is -0.552. The van der Waals surface area contributed by atoms with Crippen LogP contribution in [0.15, 0.2) is 35.3 Å². The zero-order valence-corrected chi connectivity index (χ0v) is 9.53. The Hall–Kier alpha value is -1.29. The minimum Gasteiger partial charge on any atom is -0.467 e. The molecule has 0 spiro atoms. The molecular formula is C11H13NO2S. The first-order chi connectivity index (χ1) is 7.29. The fourth-order valence-electron chi connectivity index (χ4n) is 1.15. The molecule has 1 unspecified atom stereocenters. The molecule has 0 aliphatic heterocycles. The first-order valence-electron chi connectivity index (χ1n) is 4.46. The Morgan fingerprint density at radius 1 is 1.47 bits per heavy atom. The molecule has 1 aromatic carbocycles. The molecular weight excluding hydrogens is 210 g/mol. The van der Waals surface area contributed by atoms with Crippen molar-refractivity contribution >= 4 is 23.3 Å². The lowest BCUT2D eigenvalue weighted by molar-refractivity contribution is -0.142. The summed E-state index contributed by atoms with van der Waals surface area (Å²) in [6, 6.07) is 8.82. The van der Waals surface area contributed by atoms with Gasteiger partial charge in [0.25, 0.3) is 0 Å². The highest BCUT2D eigenvalue weighted by atomic mass is 32.2. The second kappa shape index (κ2) is 6.24. The van der Waals surface area contributed by atoms with E-state index in [9.17, 15) is 4.79 Å². The first-order valence-corrected chi connectivity index (χ1v) is 5.75. The van der Waals surface area contributed by atoms with Crippen molar-refractivity contribution < 1.29 is 9.53 Å². The van der Waals surface area contributed by atoms with Crippen LogP contribution in [0.1, 0.15) is 11.6 Å². The van der Waals surface area contributed by atoms with Crippen molar-refractivity contribution in [2.45, 2.75) is 6.04 Å². The van der Waals surface area contributed by atoms with E-state index in [0.717, 1.165) is 5.56 Å². The highest BCUT2D eigenvalue weighted by Gasteiger charge is 2.18. The Morgan fingerprint density at radius 2 is 2.13 bits per heavy atom. The van der Waals surface area contributed by atoms with Crippen molar-refractivity contribution in [2.75, 3.05) is 13.4 Å². The third-order valence-electron chi connectivity index (χ3n) is 1.86. The van der Waals surface area contributed by atoms with Gasteiger partial charge in [0.2, 0.25) is 0 Å². The van der Waals surface area contributed by atoms with E-state index in [-0.39, 0.29) is 5.97 Å². The van der Waals surface area contributed by atoms with Gasteiger partial charge >= 0.3 is 5.97 Å². The molecule has 0 amide bonds. The molecule has 0 bridgehead atoms. The molecule has 4 heteroatoms. The number of rotatable bonds is 4. The summed E-state index contributed by atoms with van der Waals surface area (Å²) in [6.07, 6.45) is 1.89. The van der Waals surface area contributed by atoms with Gasteiger partial charge in [-0.15, -0.1) is 11.8 Å². The van der Waals surface area contributed by atoms with Crippen molar-refractivity contribution in [1.29, 1.82) is 0 Å². The molecule has 1 atom stereocenters. The number of carbonyl (C=O) groups excluding carboxylic acids is 1. The van der Waals surface area contributed by atoms with Gasteiger partial charge in [0.05, 0.1) is 12.7 Å². The monoisotopic (exact) mass is 223 g/mol. The Balaban J connectivity index is 2.91. The molecule has 1 aromatic rings. The maximum Gasteiger partial charge on any atom is 0.335 e. The molecule has 0 saturated carbocycles. The predicted molar refractivity (Wildman–Crippen MR) is 63.2 cm³/mol. The SMILES string of the molecule is COC(=O)C(N=CSC)c1ccccc1. The van der Waals surface area contributed by atoms with E-state index in [1.807, 2.05) is 36.6 Å². The average Bonchev–Trinajstić information content (AvgIpc) is 2.30. The van der Waals surface area contributed by atoms with Crippen molar-refractivity contribution in [3.63, 3.8) is 0 Å². The highest BCUT2D eigenvalue weighted by Crippen LogP contribution is 2.18. The number of thioether (sulfide) groups is 1. The molecule has 3 nitrogen and oxygen atoms in total. The molecule has 0 aliphatic carbocycles. The van der Waals surface area contributed by atoms with E-state index >= 15 is 0 Å². The lowest BCUT2D eigenvalue weighted by atomic mass is 10.1. The lowest BCUT2D eigenvalue weighted by Crippen LogP contribution is -2.12. The minimum absolute atomic E-state index is 0.341. The largest absolute Gasteiger partial charge is 0.467 e. The molecule has 0 aliphatic rings. The van der Waals surface area contributed by atoms with Crippen molar-refractivity contribution in [3.05, 3.63) is 35.9 Å².